The van der Waals surface area contributed by atoms with E-state index < -0.39 is 0 Å². The predicted molar refractivity (Wildman–Crippen MR) is 60.9 cm³/mol. The Bertz CT molecular complexity index is 407. The van der Waals surface area contributed by atoms with Gasteiger partial charge in [-0.05, 0) is 18.6 Å². The van der Waals surface area contributed by atoms with Gasteiger partial charge in [0.15, 0.2) is 5.78 Å². The van der Waals surface area contributed by atoms with Crippen LogP contribution in [0.3, 0.4) is 0 Å². The summed E-state index contributed by atoms with van der Waals surface area (Å²) < 4.78 is 5.00. The van der Waals surface area contributed by atoms with Gasteiger partial charge < -0.3 is 4.74 Å². The smallest absolute Gasteiger partial charge is 0.164 e. The van der Waals surface area contributed by atoms with Gasteiger partial charge in [0.1, 0.15) is 0 Å². The minimum absolute atomic E-state index is 0.00648. The Morgan fingerprint density at radius 2 is 2.31 bits per heavy atom. The van der Waals surface area contributed by atoms with Gasteiger partial charge in [0.25, 0.3) is 0 Å². The zero-order chi connectivity index (χ0) is 12.0. The maximum absolute atomic E-state index is 11.8. The van der Waals surface area contributed by atoms with Gasteiger partial charge >= 0.3 is 0 Å². The highest BCUT2D eigenvalue weighted by atomic mass is 16.5. The molecule has 1 rings (SSSR count). The summed E-state index contributed by atoms with van der Waals surface area (Å²) in [5, 5.41) is 8.65. The lowest BCUT2D eigenvalue weighted by molar-refractivity contribution is 0.0972. The molecule has 0 aliphatic rings. The first-order chi connectivity index (χ1) is 7.67. The Labute approximate surface area is 95.7 Å². The molecule has 0 aliphatic heterocycles. The van der Waals surface area contributed by atoms with Crippen LogP contribution in [0.15, 0.2) is 24.3 Å². The number of Topliss-reactive ketones (excluding diaryl/α,β-unsaturated/α-hetero) is 1. The molecule has 0 bridgehead atoms. The van der Waals surface area contributed by atoms with Gasteiger partial charge in [0.05, 0.1) is 18.6 Å². The SMILES string of the molecule is COCc1cccc(C(=O)CC(C)C#N)c1. The molecular formula is C13H15NO2. The van der Waals surface area contributed by atoms with E-state index in [1.54, 1.807) is 20.1 Å². The molecule has 0 spiro atoms. The number of nitrogens with zero attached hydrogens (tertiary/aromatic N) is 1. The van der Waals surface area contributed by atoms with Crippen molar-refractivity contribution in [2.75, 3.05) is 7.11 Å². The van der Waals surface area contributed by atoms with E-state index in [-0.39, 0.29) is 18.1 Å². The zero-order valence-corrected chi connectivity index (χ0v) is 9.56. The Morgan fingerprint density at radius 1 is 1.56 bits per heavy atom. The number of rotatable bonds is 5. The van der Waals surface area contributed by atoms with Crippen molar-refractivity contribution in [1.82, 2.24) is 0 Å². The summed E-state index contributed by atoms with van der Waals surface area (Å²) in [5.41, 5.74) is 1.62. The van der Waals surface area contributed by atoms with Crippen molar-refractivity contribution in [2.24, 2.45) is 5.92 Å². The van der Waals surface area contributed by atoms with Crippen LogP contribution in [-0.4, -0.2) is 12.9 Å². The average Bonchev–Trinajstić information content (AvgIpc) is 2.29. The molecule has 0 N–H and O–H groups in total. The fraction of sp³-hybridized carbons (Fsp3) is 0.385. The maximum atomic E-state index is 11.8. The van der Waals surface area contributed by atoms with Crippen molar-refractivity contribution in [3.05, 3.63) is 35.4 Å². The highest BCUT2D eigenvalue weighted by molar-refractivity contribution is 5.96. The van der Waals surface area contributed by atoms with E-state index in [1.807, 2.05) is 18.2 Å². The van der Waals surface area contributed by atoms with Crippen molar-refractivity contribution >= 4 is 5.78 Å². The van der Waals surface area contributed by atoms with Crippen LogP contribution in [0.25, 0.3) is 0 Å². The van der Waals surface area contributed by atoms with Crippen LogP contribution >= 0.6 is 0 Å². The summed E-state index contributed by atoms with van der Waals surface area (Å²) in [7, 11) is 1.62. The van der Waals surface area contributed by atoms with Gasteiger partial charge in [0.2, 0.25) is 0 Å². The maximum Gasteiger partial charge on any atom is 0.164 e. The number of ketones is 1. The molecule has 1 aromatic rings. The Hall–Kier alpha value is -1.66. The van der Waals surface area contributed by atoms with Crippen molar-refractivity contribution in [2.45, 2.75) is 20.0 Å². The molecule has 0 aromatic heterocycles. The fourth-order valence-electron chi connectivity index (χ4n) is 1.44. The standard InChI is InChI=1S/C13H15NO2/c1-10(8-14)6-13(15)12-5-3-4-11(7-12)9-16-2/h3-5,7,10H,6,9H2,1-2H3. The summed E-state index contributed by atoms with van der Waals surface area (Å²) in [6.07, 6.45) is 0.271. The molecule has 3 nitrogen and oxygen atoms in total. The monoisotopic (exact) mass is 217 g/mol. The second kappa shape index (κ2) is 6.04. The van der Waals surface area contributed by atoms with Gasteiger partial charge in [-0.15, -0.1) is 0 Å². The van der Waals surface area contributed by atoms with Crippen LogP contribution in [0.4, 0.5) is 0 Å². The summed E-state index contributed by atoms with van der Waals surface area (Å²) in [4.78, 5) is 11.8. The molecule has 0 saturated heterocycles. The summed E-state index contributed by atoms with van der Waals surface area (Å²) >= 11 is 0. The van der Waals surface area contributed by atoms with E-state index in [0.717, 1.165) is 5.56 Å². The zero-order valence-electron chi connectivity index (χ0n) is 9.56. The highest BCUT2D eigenvalue weighted by Crippen LogP contribution is 2.12. The van der Waals surface area contributed by atoms with Crippen LogP contribution in [0, 0.1) is 17.2 Å². The second-order valence-corrected chi connectivity index (χ2v) is 3.79. The minimum Gasteiger partial charge on any atom is -0.380 e. The molecule has 0 amide bonds. The molecule has 16 heavy (non-hydrogen) atoms. The van der Waals surface area contributed by atoms with Crippen LogP contribution < -0.4 is 0 Å². The number of ether oxygens (including phenoxy) is 1. The quantitative estimate of drug-likeness (QED) is 0.712. The third kappa shape index (κ3) is 3.48. The van der Waals surface area contributed by atoms with Crippen molar-refractivity contribution in [1.29, 1.82) is 5.26 Å². The van der Waals surface area contributed by atoms with E-state index >= 15 is 0 Å². The van der Waals surface area contributed by atoms with Gasteiger partial charge in [0, 0.05) is 19.1 Å². The third-order valence-corrected chi connectivity index (χ3v) is 2.27. The molecule has 84 valence electrons. The number of nitriles is 1. The first-order valence-corrected chi connectivity index (χ1v) is 5.18. The number of benzene rings is 1. The van der Waals surface area contributed by atoms with Crippen LogP contribution in [0.1, 0.15) is 29.3 Å². The molecule has 3 heteroatoms. The van der Waals surface area contributed by atoms with Crippen molar-refractivity contribution in [3.63, 3.8) is 0 Å². The van der Waals surface area contributed by atoms with E-state index in [9.17, 15) is 4.79 Å². The first-order valence-electron chi connectivity index (χ1n) is 5.18. The topological polar surface area (TPSA) is 50.1 Å². The Morgan fingerprint density at radius 3 is 2.94 bits per heavy atom. The summed E-state index contributed by atoms with van der Waals surface area (Å²) in [6.45, 7) is 2.24. The lowest BCUT2D eigenvalue weighted by atomic mass is 9.99. The lowest BCUT2D eigenvalue weighted by Crippen LogP contribution is -2.05. The van der Waals surface area contributed by atoms with Gasteiger partial charge in [-0.1, -0.05) is 18.2 Å². The second-order valence-electron chi connectivity index (χ2n) is 3.79. The predicted octanol–water partition coefficient (Wildman–Crippen LogP) is 2.57. The van der Waals surface area contributed by atoms with E-state index in [4.69, 9.17) is 10.00 Å². The summed E-state index contributed by atoms with van der Waals surface area (Å²) in [6, 6.07) is 9.39. The Balaban J connectivity index is 2.76. The molecule has 0 heterocycles. The largest absolute Gasteiger partial charge is 0.380 e. The van der Waals surface area contributed by atoms with Crippen LogP contribution in [0.5, 0.6) is 0 Å². The molecule has 0 saturated carbocycles. The van der Waals surface area contributed by atoms with Gasteiger partial charge in [-0.2, -0.15) is 5.26 Å². The summed E-state index contributed by atoms with van der Waals surface area (Å²) in [5.74, 6) is -0.231. The first kappa shape index (κ1) is 12.4. The van der Waals surface area contributed by atoms with Crippen LogP contribution in [-0.2, 0) is 11.3 Å². The molecular weight excluding hydrogens is 202 g/mol. The fourth-order valence-corrected chi connectivity index (χ4v) is 1.44. The van der Waals surface area contributed by atoms with Gasteiger partial charge in [-0.3, -0.25) is 4.79 Å². The molecule has 0 aliphatic carbocycles. The van der Waals surface area contributed by atoms with E-state index in [0.29, 0.717) is 12.2 Å². The lowest BCUT2D eigenvalue weighted by Gasteiger charge is -2.04. The van der Waals surface area contributed by atoms with Crippen molar-refractivity contribution < 1.29 is 9.53 Å². The average molecular weight is 217 g/mol. The number of carbonyl (C=O) groups is 1. The molecule has 0 fully saturated rings. The van der Waals surface area contributed by atoms with Gasteiger partial charge in [-0.25, -0.2) is 0 Å². The molecule has 1 unspecified atom stereocenters. The highest BCUT2D eigenvalue weighted by Gasteiger charge is 2.10. The van der Waals surface area contributed by atoms with Crippen LogP contribution in [0.2, 0.25) is 0 Å². The number of hydrogen-bond donors (Lipinski definition) is 0. The van der Waals surface area contributed by atoms with Crippen molar-refractivity contribution in [3.8, 4) is 6.07 Å². The Kier molecular flexibility index (Phi) is 4.68. The molecule has 0 radical (unpaired) electrons. The molecule has 1 atom stereocenters. The third-order valence-electron chi connectivity index (χ3n) is 2.27. The molecule has 1 aromatic carbocycles. The number of hydrogen-bond acceptors (Lipinski definition) is 3. The number of methoxy groups -OCH3 is 1. The minimum atomic E-state index is -0.237. The normalized spacial score (nSPS) is 11.8. The van der Waals surface area contributed by atoms with E-state index in [1.165, 1.54) is 0 Å². The van der Waals surface area contributed by atoms with E-state index in [2.05, 4.69) is 6.07 Å². The number of carbonyl (C=O) groups excluding carboxylic acids is 1.